The van der Waals surface area contributed by atoms with Crippen LogP contribution in [0.1, 0.15) is 61.3 Å². The summed E-state index contributed by atoms with van der Waals surface area (Å²) in [5.74, 6) is 0.428. The van der Waals surface area contributed by atoms with Crippen LogP contribution in [0.4, 0.5) is 0 Å². The van der Waals surface area contributed by atoms with Crippen LogP contribution in [0.25, 0.3) is 0 Å². The fourth-order valence-electron chi connectivity index (χ4n) is 5.19. The molecule has 0 aliphatic carbocycles. The van der Waals surface area contributed by atoms with Gasteiger partial charge in [0.25, 0.3) is 0 Å². The van der Waals surface area contributed by atoms with Gasteiger partial charge in [-0.1, -0.05) is 55.5 Å². The molecule has 0 bridgehead atoms. The van der Waals surface area contributed by atoms with Crippen LogP contribution < -0.4 is 0 Å². The van der Waals surface area contributed by atoms with Gasteiger partial charge in [-0.05, 0) is 56.2 Å². The van der Waals surface area contributed by atoms with Gasteiger partial charge in [0, 0.05) is 51.1 Å². The number of likely N-dealkylation sites (tertiary alicyclic amines) is 1. The van der Waals surface area contributed by atoms with Gasteiger partial charge in [-0.15, -0.1) is 0 Å². The van der Waals surface area contributed by atoms with Crippen molar-refractivity contribution in [3.63, 3.8) is 0 Å². The fourth-order valence-corrected chi connectivity index (χ4v) is 5.19. The van der Waals surface area contributed by atoms with E-state index in [2.05, 4.69) is 69.3 Å². The molecule has 3 rings (SSSR count). The van der Waals surface area contributed by atoms with E-state index in [1.165, 1.54) is 47.9 Å². The summed E-state index contributed by atoms with van der Waals surface area (Å²) in [7, 11) is 0. The summed E-state index contributed by atoms with van der Waals surface area (Å²) in [6.07, 6.45) is 6.58. The zero-order chi connectivity index (χ0) is 20.0. The fraction of sp³-hybridized carbons (Fsp3) is 0.500. The van der Waals surface area contributed by atoms with Crippen molar-refractivity contribution in [1.29, 1.82) is 0 Å². The Balaban J connectivity index is 0.00000300. The summed E-state index contributed by atoms with van der Waals surface area (Å²) >= 11 is 0. The summed E-state index contributed by atoms with van der Waals surface area (Å²) in [5, 5.41) is 0. The molecule has 29 heavy (non-hydrogen) atoms. The summed E-state index contributed by atoms with van der Waals surface area (Å²) in [6.45, 7) is 9.73. The predicted molar refractivity (Wildman–Crippen MR) is 117 cm³/mol. The second-order valence-corrected chi connectivity index (χ2v) is 8.66. The average Bonchev–Trinajstić information content (AvgIpc) is 2.92. The minimum Gasteiger partial charge on any atom is -0.311 e. The van der Waals surface area contributed by atoms with E-state index in [9.17, 15) is 4.79 Å². The number of aryl methyl sites for hydroxylation is 2. The number of quaternary nitrogens is 1. The van der Waals surface area contributed by atoms with Crippen LogP contribution in [0.15, 0.2) is 48.5 Å². The Labute approximate surface area is 202 Å². The monoisotopic (exact) mass is 467 g/mol. The van der Waals surface area contributed by atoms with Crippen molar-refractivity contribution in [2.24, 2.45) is 0 Å². The Hall–Kier alpha value is -0.826. The predicted octanol–water partition coefficient (Wildman–Crippen LogP) is 5.78. The molecule has 1 saturated heterocycles. The third kappa shape index (κ3) is 6.09. The van der Waals surface area contributed by atoms with Crippen molar-refractivity contribution in [3.05, 3.63) is 70.8 Å². The maximum absolute atomic E-state index is 13.6. The van der Waals surface area contributed by atoms with Gasteiger partial charge in [0.15, 0.2) is 5.78 Å². The number of carbonyl (C=O) groups excluding carboxylic acids is 1. The van der Waals surface area contributed by atoms with Crippen LogP contribution in [0.2, 0.25) is 0 Å². The average molecular weight is 467 g/mol. The maximum atomic E-state index is 13.6. The minimum absolute atomic E-state index is 0. The molecule has 2 aromatic rings. The first-order valence-electron chi connectivity index (χ1n) is 11.0. The molecule has 2 nitrogen and oxygen atoms in total. The third-order valence-corrected chi connectivity index (χ3v) is 6.71. The number of hydrogen-bond acceptors (Lipinski definition) is 1. The van der Waals surface area contributed by atoms with Crippen LogP contribution >= 0.6 is 0 Å². The topological polar surface area (TPSA) is 17.1 Å². The van der Waals surface area contributed by atoms with Crippen molar-refractivity contribution in [2.75, 3.05) is 13.1 Å². The number of nitrogens with zero attached hydrogens (tertiary/aromatic N) is 1. The Morgan fingerprint density at radius 1 is 0.897 bits per heavy atom. The molecule has 1 atom stereocenters. The van der Waals surface area contributed by atoms with E-state index >= 15 is 0 Å². The quantitative estimate of drug-likeness (QED) is 0.472. The Bertz CT molecular complexity index is 758. The Kier molecular flexibility index (Phi) is 9.72. The van der Waals surface area contributed by atoms with E-state index in [1.807, 2.05) is 0 Å². The van der Waals surface area contributed by atoms with Gasteiger partial charge in [0.1, 0.15) is 12.6 Å². The molecule has 1 heterocycles. The molecule has 1 aliphatic heterocycles. The summed E-state index contributed by atoms with van der Waals surface area (Å²) in [5.41, 5.74) is 5.09. The van der Waals surface area contributed by atoms with Crippen LogP contribution in [-0.2, 0) is 50.5 Å². The van der Waals surface area contributed by atoms with E-state index in [4.69, 9.17) is 0 Å². The molecule has 1 fully saturated rings. The number of rotatable bonds is 7. The molecular weight excluding hydrogens is 431 g/mol. The standard InChI is InChI=1S/C26H36NO.Y/c1-4-25(26(28)19-24-21(2)13-12-14-22(24)3)27(17-10-5-6-11-18-27)20-23-15-8-7-9-16-23;/h7-9,12-16,25H,4-6,10-11,17-20H2,1-3H3;/q+1;. The SMILES string of the molecule is CCC(C(=O)Cc1c(C)cccc1C)[N+]1(Cc2ccccc2)CCCCCC1.[Y]. The van der Waals surface area contributed by atoms with E-state index in [-0.39, 0.29) is 38.8 Å². The molecule has 1 unspecified atom stereocenters. The third-order valence-electron chi connectivity index (χ3n) is 6.71. The van der Waals surface area contributed by atoms with Crippen molar-refractivity contribution in [2.45, 2.75) is 71.9 Å². The van der Waals surface area contributed by atoms with Gasteiger partial charge in [0.2, 0.25) is 0 Å². The summed E-state index contributed by atoms with van der Waals surface area (Å²) < 4.78 is 0.949. The smallest absolute Gasteiger partial charge is 0.194 e. The van der Waals surface area contributed by atoms with Gasteiger partial charge >= 0.3 is 0 Å². The maximum Gasteiger partial charge on any atom is 0.194 e. The van der Waals surface area contributed by atoms with E-state index in [0.29, 0.717) is 12.2 Å². The van der Waals surface area contributed by atoms with Crippen molar-refractivity contribution >= 4 is 5.78 Å². The van der Waals surface area contributed by atoms with Gasteiger partial charge < -0.3 is 4.48 Å². The molecule has 3 heteroatoms. The normalized spacial score (nSPS) is 17.1. The zero-order valence-corrected chi connectivity index (χ0v) is 21.3. The Morgan fingerprint density at radius 3 is 2.03 bits per heavy atom. The molecule has 0 spiro atoms. The molecular formula is C26H36NOY+. The second kappa shape index (κ2) is 11.5. The molecule has 0 saturated carbocycles. The molecule has 0 N–H and O–H groups in total. The molecule has 0 aromatic heterocycles. The number of ketones is 1. The van der Waals surface area contributed by atoms with Crippen molar-refractivity contribution in [3.8, 4) is 0 Å². The van der Waals surface area contributed by atoms with E-state index < -0.39 is 0 Å². The summed E-state index contributed by atoms with van der Waals surface area (Å²) in [6, 6.07) is 17.3. The van der Waals surface area contributed by atoms with Crippen LogP contribution in [-0.4, -0.2) is 29.4 Å². The number of Topliss-reactive ketones (excluding diaryl/α,β-unsaturated/α-hetero) is 1. The van der Waals surface area contributed by atoms with Gasteiger partial charge in [-0.3, -0.25) is 4.79 Å². The van der Waals surface area contributed by atoms with Gasteiger partial charge in [0.05, 0.1) is 13.1 Å². The van der Waals surface area contributed by atoms with Crippen molar-refractivity contribution < 1.29 is 42.0 Å². The molecule has 2 aromatic carbocycles. The van der Waals surface area contributed by atoms with E-state index in [1.54, 1.807) is 0 Å². The largest absolute Gasteiger partial charge is 0.311 e. The molecule has 0 amide bonds. The first-order chi connectivity index (χ1) is 13.6. The van der Waals surface area contributed by atoms with Gasteiger partial charge in [-0.2, -0.15) is 0 Å². The minimum atomic E-state index is 0. The first-order valence-corrected chi connectivity index (χ1v) is 11.0. The van der Waals surface area contributed by atoms with Crippen molar-refractivity contribution in [1.82, 2.24) is 0 Å². The summed E-state index contributed by atoms with van der Waals surface area (Å²) in [4.78, 5) is 13.6. The van der Waals surface area contributed by atoms with E-state index in [0.717, 1.165) is 30.5 Å². The Morgan fingerprint density at radius 2 is 1.48 bits per heavy atom. The molecule has 1 aliphatic rings. The van der Waals surface area contributed by atoms with Crippen LogP contribution in [0.3, 0.4) is 0 Å². The first kappa shape index (κ1) is 24.4. The van der Waals surface area contributed by atoms with Crippen LogP contribution in [0.5, 0.6) is 0 Å². The van der Waals surface area contributed by atoms with Gasteiger partial charge in [-0.25, -0.2) is 0 Å². The molecule has 153 valence electrons. The zero-order valence-electron chi connectivity index (χ0n) is 18.5. The number of carbonyl (C=O) groups is 1. The molecule has 1 radical (unpaired) electrons. The number of hydrogen-bond donors (Lipinski definition) is 0. The second-order valence-electron chi connectivity index (χ2n) is 8.66. The van der Waals surface area contributed by atoms with Crippen LogP contribution in [0, 0.1) is 13.8 Å². The number of benzene rings is 2.